The fourth-order valence-corrected chi connectivity index (χ4v) is 2.40. The molecule has 1 aromatic carbocycles. The maximum Gasteiger partial charge on any atom is 0.220 e. The first kappa shape index (κ1) is 16.3. The standard InChI is InChI=1S/C14H24N2O2S/c1-10(2)11-12(13(17)14(11)19)16(5)7-9-18-8-6-15(3)4/h10H,6-9H2,1-5H3. The summed E-state index contributed by atoms with van der Waals surface area (Å²) in [6, 6.07) is 0. The minimum Gasteiger partial charge on any atom is -0.378 e. The second kappa shape index (κ2) is 7.12. The Morgan fingerprint density at radius 1 is 1.16 bits per heavy atom. The maximum atomic E-state index is 11.8. The molecule has 0 spiro atoms. The highest BCUT2D eigenvalue weighted by atomic mass is 32.1. The predicted molar refractivity (Wildman–Crippen MR) is 82.7 cm³/mol. The highest BCUT2D eigenvalue weighted by Gasteiger charge is 2.22. The third-order valence-corrected chi connectivity index (χ3v) is 3.54. The fourth-order valence-electron chi connectivity index (χ4n) is 1.97. The van der Waals surface area contributed by atoms with E-state index in [9.17, 15) is 4.79 Å². The van der Waals surface area contributed by atoms with Crippen LogP contribution < -0.4 is 10.3 Å². The quantitative estimate of drug-likeness (QED) is 0.537. The number of likely N-dealkylation sites (N-methyl/N-ethyl adjacent to an activating group) is 2. The molecule has 1 aromatic rings. The lowest BCUT2D eigenvalue weighted by Gasteiger charge is -2.25. The Morgan fingerprint density at radius 2 is 1.74 bits per heavy atom. The summed E-state index contributed by atoms with van der Waals surface area (Å²) in [7, 11) is 5.96. The van der Waals surface area contributed by atoms with E-state index in [0.717, 1.165) is 17.8 Å². The van der Waals surface area contributed by atoms with Gasteiger partial charge >= 0.3 is 0 Å². The summed E-state index contributed by atoms with van der Waals surface area (Å²) in [5.74, 6) is 0.303. The first-order valence-electron chi connectivity index (χ1n) is 6.63. The molecule has 0 bridgehead atoms. The summed E-state index contributed by atoms with van der Waals surface area (Å²) >= 11 is 5.11. The molecule has 0 atom stereocenters. The van der Waals surface area contributed by atoms with Crippen LogP contribution in [0.5, 0.6) is 0 Å². The molecular weight excluding hydrogens is 260 g/mol. The van der Waals surface area contributed by atoms with E-state index in [2.05, 4.69) is 18.7 Å². The molecule has 0 fully saturated rings. The Labute approximate surface area is 120 Å². The summed E-state index contributed by atoms with van der Waals surface area (Å²) in [6.45, 7) is 7.09. The number of nitrogens with zero attached hydrogens (tertiary/aromatic N) is 2. The summed E-state index contributed by atoms with van der Waals surface area (Å²) < 4.78 is 6.05. The molecule has 0 heterocycles. The average Bonchev–Trinajstić information content (AvgIpc) is 2.32. The van der Waals surface area contributed by atoms with E-state index in [1.54, 1.807) is 0 Å². The maximum absolute atomic E-state index is 11.8. The number of rotatable bonds is 8. The van der Waals surface area contributed by atoms with Crippen molar-refractivity contribution in [2.75, 3.05) is 52.3 Å². The van der Waals surface area contributed by atoms with Gasteiger partial charge in [-0.2, -0.15) is 0 Å². The van der Waals surface area contributed by atoms with Gasteiger partial charge in [0.1, 0.15) is 0 Å². The van der Waals surface area contributed by atoms with Crippen LogP contribution in [0.4, 0.5) is 5.69 Å². The van der Waals surface area contributed by atoms with Crippen molar-refractivity contribution in [2.45, 2.75) is 19.8 Å². The number of ether oxygens (including phenoxy) is 1. The van der Waals surface area contributed by atoms with Gasteiger partial charge in [-0.3, -0.25) is 4.79 Å². The first-order chi connectivity index (χ1) is 8.86. The van der Waals surface area contributed by atoms with Gasteiger partial charge in [-0.1, -0.05) is 26.1 Å². The zero-order chi connectivity index (χ0) is 14.6. The van der Waals surface area contributed by atoms with Crippen molar-refractivity contribution in [1.82, 2.24) is 4.90 Å². The molecule has 0 radical (unpaired) electrons. The van der Waals surface area contributed by atoms with Crippen molar-refractivity contribution in [3.8, 4) is 0 Å². The van der Waals surface area contributed by atoms with Crippen molar-refractivity contribution in [2.24, 2.45) is 0 Å². The van der Waals surface area contributed by atoms with Crippen LogP contribution in [-0.2, 0) is 4.74 Å². The highest BCUT2D eigenvalue weighted by molar-refractivity contribution is 7.71. The van der Waals surface area contributed by atoms with Crippen LogP contribution in [-0.4, -0.2) is 52.3 Å². The van der Waals surface area contributed by atoms with Gasteiger partial charge in [-0.15, -0.1) is 0 Å². The summed E-state index contributed by atoms with van der Waals surface area (Å²) in [4.78, 5) is 15.8. The SMILES string of the molecule is CC(C)c1c(N(C)CCOCCN(C)C)c(=O)c1=S. The fraction of sp³-hybridized carbons (Fsp3) is 0.714. The van der Waals surface area contributed by atoms with E-state index in [1.807, 2.05) is 26.0 Å². The minimum absolute atomic E-state index is 0.00879. The Kier molecular flexibility index (Phi) is 6.10. The van der Waals surface area contributed by atoms with Crippen molar-refractivity contribution < 1.29 is 4.74 Å². The second-order valence-corrected chi connectivity index (χ2v) is 5.82. The number of anilines is 1. The smallest absolute Gasteiger partial charge is 0.220 e. The minimum atomic E-state index is 0.00879. The molecule has 108 valence electrons. The molecular formula is C14H24N2O2S. The van der Waals surface area contributed by atoms with Gasteiger partial charge in [0, 0.05) is 25.7 Å². The number of hydrogen-bond acceptors (Lipinski definition) is 5. The van der Waals surface area contributed by atoms with E-state index in [-0.39, 0.29) is 5.43 Å². The van der Waals surface area contributed by atoms with Crippen LogP contribution in [0, 0.1) is 4.51 Å². The van der Waals surface area contributed by atoms with Crippen LogP contribution in [0.2, 0.25) is 0 Å². The van der Waals surface area contributed by atoms with E-state index in [0.29, 0.717) is 30.2 Å². The normalized spacial score (nSPS) is 11.7. The lowest BCUT2D eigenvalue weighted by molar-refractivity contribution is 0.123. The van der Waals surface area contributed by atoms with E-state index in [1.165, 1.54) is 0 Å². The summed E-state index contributed by atoms with van der Waals surface area (Å²) in [5.41, 5.74) is 1.81. The zero-order valence-electron chi connectivity index (χ0n) is 12.5. The Hall–Kier alpha value is -0.780. The Balaban J connectivity index is 2.47. The van der Waals surface area contributed by atoms with Gasteiger partial charge < -0.3 is 14.5 Å². The molecule has 0 unspecified atom stereocenters. The van der Waals surface area contributed by atoms with Crippen LogP contribution in [0.15, 0.2) is 4.79 Å². The van der Waals surface area contributed by atoms with E-state index >= 15 is 0 Å². The molecule has 0 N–H and O–H groups in total. The largest absolute Gasteiger partial charge is 0.378 e. The molecule has 0 saturated carbocycles. The van der Waals surface area contributed by atoms with Gasteiger partial charge in [-0.25, -0.2) is 0 Å². The lowest BCUT2D eigenvalue weighted by Crippen LogP contribution is -2.33. The number of hydrogen-bond donors (Lipinski definition) is 0. The molecule has 0 aliphatic rings. The lowest BCUT2D eigenvalue weighted by atomic mass is 9.96. The third-order valence-electron chi connectivity index (χ3n) is 3.13. The van der Waals surface area contributed by atoms with Gasteiger partial charge in [0.2, 0.25) is 5.43 Å². The van der Waals surface area contributed by atoms with Crippen molar-refractivity contribution in [3.63, 3.8) is 0 Å². The Bertz CT molecular complexity index is 476. The molecule has 1 rings (SSSR count). The van der Waals surface area contributed by atoms with Crippen LogP contribution >= 0.6 is 12.2 Å². The van der Waals surface area contributed by atoms with Gasteiger partial charge in [0.25, 0.3) is 0 Å². The third kappa shape index (κ3) is 4.09. The highest BCUT2D eigenvalue weighted by Crippen LogP contribution is 2.27. The molecule has 4 nitrogen and oxygen atoms in total. The van der Waals surface area contributed by atoms with Gasteiger partial charge in [0.05, 0.1) is 23.4 Å². The van der Waals surface area contributed by atoms with Crippen molar-refractivity contribution in [3.05, 3.63) is 20.3 Å². The summed E-state index contributed by atoms with van der Waals surface area (Å²) in [6.07, 6.45) is 0. The van der Waals surface area contributed by atoms with Gasteiger partial charge in [-0.05, 0) is 20.0 Å². The first-order valence-corrected chi connectivity index (χ1v) is 7.03. The average molecular weight is 284 g/mol. The van der Waals surface area contributed by atoms with Crippen LogP contribution in [0.3, 0.4) is 0 Å². The molecule has 0 aromatic heterocycles. The predicted octanol–water partition coefficient (Wildman–Crippen LogP) is 1.79. The zero-order valence-corrected chi connectivity index (χ0v) is 13.3. The van der Waals surface area contributed by atoms with Crippen molar-refractivity contribution in [1.29, 1.82) is 0 Å². The van der Waals surface area contributed by atoms with Crippen LogP contribution in [0.1, 0.15) is 25.3 Å². The molecule has 19 heavy (non-hydrogen) atoms. The van der Waals surface area contributed by atoms with Crippen molar-refractivity contribution >= 4 is 17.9 Å². The Morgan fingerprint density at radius 3 is 2.26 bits per heavy atom. The molecule has 0 amide bonds. The van der Waals surface area contributed by atoms with Crippen LogP contribution in [0.25, 0.3) is 0 Å². The topological polar surface area (TPSA) is 32.8 Å². The molecule has 0 aliphatic heterocycles. The van der Waals surface area contributed by atoms with E-state index in [4.69, 9.17) is 17.0 Å². The second-order valence-electron chi connectivity index (χ2n) is 5.41. The molecule has 5 heteroatoms. The van der Waals surface area contributed by atoms with E-state index < -0.39 is 0 Å². The monoisotopic (exact) mass is 284 g/mol. The summed E-state index contributed by atoms with van der Waals surface area (Å²) in [5, 5.41) is 0. The molecule has 0 aliphatic carbocycles. The van der Waals surface area contributed by atoms with Gasteiger partial charge in [0.15, 0.2) is 0 Å². The molecule has 0 saturated heterocycles.